The maximum atomic E-state index is 11.1. The number of benzene rings is 1. The van der Waals surface area contributed by atoms with Gasteiger partial charge in [-0.3, -0.25) is 4.90 Å². The minimum Gasteiger partial charge on any atom is -0.478 e. The van der Waals surface area contributed by atoms with Gasteiger partial charge in [0.15, 0.2) is 0 Å². The van der Waals surface area contributed by atoms with E-state index < -0.39 is 5.97 Å². The molecular formula is C18H25NO2. The van der Waals surface area contributed by atoms with Crippen LogP contribution in [0.3, 0.4) is 0 Å². The van der Waals surface area contributed by atoms with E-state index in [1.165, 1.54) is 24.5 Å². The molecule has 0 spiro atoms. The second-order valence-electron chi connectivity index (χ2n) is 6.82. The summed E-state index contributed by atoms with van der Waals surface area (Å²) in [5.74, 6) is -0.871. The zero-order valence-corrected chi connectivity index (χ0v) is 13.2. The Kier molecular flexibility index (Phi) is 4.84. The molecule has 0 bridgehead atoms. The predicted molar refractivity (Wildman–Crippen MR) is 86.4 cm³/mol. The minimum absolute atomic E-state index is 0.115. The Labute approximate surface area is 127 Å². The first-order chi connectivity index (χ1) is 9.86. The summed E-state index contributed by atoms with van der Waals surface area (Å²) >= 11 is 0. The van der Waals surface area contributed by atoms with E-state index in [0.717, 1.165) is 30.8 Å². The average Bonchev–Trinajstić information content (AvgIpc) is 2.89. The first-order valence-corrected chi connectivity index (χ1v) is 7.63. The zero-order valence-electron chi connectivity index (χ0n) is 13.2. The van der Waals surface area contributed by atoms with Crippen molar-refractivity contribution < 1.29 is 9.90 Å². The van der Waals surface area contributed by atoms with Crippen LogP contribution in [-0.2, 0) is 10.2 Å². The van der Waals surface area contributed by atoms with Crippen LogP contribution in [0, 0.1) is 0 Å². The molecule has 0 saturated carbocycles. The van der Waals surface area contributed by atoms with Gasteiger partial charge >= 0.3 is 5.97 Å². The lowest BCUT2D eigenvalue weighted by molar-refractivity contribution is -0.131. The van der Waals surface area contributed by atoms with Crippen LogP contribution in [0.25, 0.3) is 5.57 Å². The largest absolute Gasteiger partial charge is 0.478 e. The van der Waals surface area contributed by atoms with Crippen molar-refractivity contribution in [2.24, 2.45) is 0 Å². The molecule has 0 aromatic heterocycles. The molecule has 1 aliphatic rings. The highest BCUT2D eigenvalue weighted by atomic mass is 16.4. The number of carboxylic acid groups (broad SMARTS) is 1. The maximum absolute atomic E-state index is 11.1. The number of hydrogen-bond donors (Lipinski definition) is 1. The molecule has 0 aliphatic carbocycles. The molecule has 3 heteroatoms. The van der Waals surface area contributed by atoms with Gasteiger partial charge in [0, 0.05) is 12.6 Å². The predicted octanol–water partition coefficient (Wildman–Crippen LogP) is 3.55. The second-order valence-corrected chi connectivity index (χ2v) is 6.82. The summed E-state index contributed by atoms with van der Waals surface area (Å²) in [5, 5.41) is 9.11. The molecule has 3 nitrogen and oxygen atoms in total. The van der Waals surface area contributed by atoms with E-state index in [0.29, 0.717) is 0 Å². The Hall–Kier alpha value is -1.61. The smallest absolute Gasteiger partial charge is 0.328 e. The van der Waals surface area contributed by atoms with Crippen molar-refractivity contribution >= 4 is 11.5 Å². The molecule has 0 atom stereocenters. The summed E-state index contributed by atoms with van der Waals surface area (Å²) in [7, 11) is 0. The van der Waals surface area contributed by atoms with Crippen LogP contribution >= 0.6 is 0 Å². The lowest BCUT2D eigenvalue weighted by atomic mass is 9.86. The van der Waals surface area contributed by atoms with E-state index in [2.05, 4.69) is 37.8 Å². The van der Waals surface area contributed by atoms with Gasteiger partial charge in [-0.1, -0.05) is 45.0 Å². The molecule has 114 valence electrons. The molecule has 2 rings (SSSR count). The Morgan fingerprint density at radius 3 is 2.24 bits per heavy atom. The maximum Gasteiger partial charge on any atom is 0.328 e. The van der Waals surface area contributed by atoms with Crippen LogP contribution in [-0.4, -0.2) is 35.6 Å². The first kappa shape index (κ1) is 15.8. The third-order valence-corrected chi connectivity index (χ3v) is 4.01. The fraction of sp³-hybridized carbons (Fsp3) is 0.500. The van der Waals surface area contributed by atoms with Gasteiger partial charge in [0.1, 0.15) is 0 Å². The zero-order chi connectivity index (χ0) is 15.5. The van der Waals surface area contributed by atoms with Crippen LogP contribution in [0.2, 0.25) is 0 Å². The summed E-state index contributed by atoms with van der Waals surface area (Å²) in [6.07, 6.45) is 3.77. The third kappa shape index (κ3) is 4.43. The monoisotopic (exact) mass is 287 g/mol. The molecule has 1 saturated heterocycles. The molecule has 1 aromatic carbocycles. The first-order valence-electron chi connectivity index (χ1n) is 7.63. The average molecular weight is 287 g/mol. The summed E-state index contributed by atoms with van der Waals surface area (Å²) in [6.45, 7) is 9.40. The van der Waals surface area contributed by atoms with Gasteiger partial charge in [-0.2, -0.15) is 0 Å². The van der Waals surface area contributed by atoms with Crippen molar-refractivity contribution in [2.75, 3.05) is 19.6 Å². The van der Waals surface area contributed by atoms with Crippen molar-refractivity contribution in [1.29, 1.82) is 0 Å². The van der Waals surface area contributed by atoms with Crippen LogP contribution in [0.15, 0.2) is 30.3 Å². The van der Waals surface area contributed by atoms with E-state index in [1.54, 1.807) is 0 Å². The van der Waals surface area contributed by atoms with Crippen LogP contribution < -0.4 is 0 Å². The molecule has 1 N–H and O–H groups in total. The molecular weight excluding hydrogens is 262 g/mol. The number of rotatable bonds is 4. The Balaban J connectivity index is 2.22. The van der Waals surface area contributed by atoms with Crippen LogP contribution in [0.4, 0.5) is 0 Å². The Bertz CT molecular complexity index is 517. The normalized spacial score (nSPS) is 17.2. The molecule has 0 amide bonds. The van der Waals surface area contributed by atoms with E-state index in [9.17, 15) is 4.79 Å². The van der Waals surface area contributed by atoms with Crippen molar-refractivity contribution in [3.05, 3.63) is 41.5 Å². The van der Waals surface area contributed by atoms with Gasteiger partial charge in [-0.15, -0.1) is 0 Å². The summed E-state index contributed by atoms with van der Waals surface area (Å²) < 4.78 is 0. The molecule has 0 radical (unpaired) electrons. The third-order valence-electron chi connectivity index (χ3n) is 4.01. The lowest BCUT2D eigenvalue weighted by Crippen LogP contribution is -2.22. The second kappa shape index (κ2) is 6.44. The number of aliphatic carboxylic acids is 1. The van der Waals surface area contributed by atoms with Crippen LogP contribution in [0.1, 0.15) is 44.7 Å². The number of carbonyl (C=O) groups is 1. The fourth-order valence-electron chi connectivity index (χ4n) is 2.74. The quantitative estimate of drug-likeness (QED) is 0.861. The highest BCUT2D eigenvalue weighted by molar-refractivity contribution is 5.90. The van der Waals surface area contributed by atoms with E-state index in [4.69, 9.17) is 5.11 Å². The van der Waals surface area contributed by atoms with Crippen molar-refractivity contribution in [3.8, 4) is 0 Å². The molecule has 21 heavy (non-hydrogen) atoms. The number of hydrogen-bond acceptors (Lipinski definition) is 2. The highest BCUT2D eigenvalue weighted by Crippen LogP contribution is 2.25. The van der Waals surface area contributed by atoms with Gasteiger partial charge in [0.2, 0.25) is 0 Å². The minimum atomic E-state index is -0.871. The summed E-state index contributed by atoms with van der Waals surface area (Å²) in [5.41, 5.74) is 3.29. The van der Waals surface area contributed by atoms with E-state index >= 15 is 0 Å². The molecule has 0 unspecified atom stereocenters. The SMILES string of the molecule is CC(C)(C)c1ccc(/C(=C/C(=O)O)CN2CCCC2)cc1. The standard InChI is InChI=1S/C18H25NO2/c1-18(2,3)16-8-6-14(7-9-16)15(12-17(20)21)13-19-10-4-5-11-19/h6-9,12H,4-5,10-11,13H2,1-3H3,(H,20,21)/b15-12+. The van der Waals surface area contributed by atoms with Gasteiger partial charge in [0.25, 0.3) is 0 Å². The van der Waals surface area contributed by atoms with Gasteiger partial charge in [-0.05, 0) is 48.0 Å². The van der Waals surface area contributed by atoms with Gasteiger partial charge < -0.3 is 5.11 Å². The van der Waals surface area contributed by atoms with Crippen LogP contribution in [0.5, 0.6) is 0 Å². The van der Waals surface area contributed by atoms with Gasteiger partial charge in [-0.25, -0.2) is 4.79 Å². The number of carboxylic acids is 1. The summed E-state index contributed by atoms with van der Waals surface area (Å²) in [4.78, 5) is 13.4. The van der Waals surface area contributed by atoms with E-state index in [1.807, 2.05) is 12.1 Å². The fourth-order valence-corrected chi connectivity index (χ4v) is 2.74. The van der Waals surface area contributed by atoms with E-state index in [-0.39, 0.29) is 5.41 Å². The topological polar surface area (TPSA) is 40.5 Å². The molecule has 1 aliphatic heterocycles. The molecule has 1 fully saturated rings. The van der Waals surface area contributed by atoms with Gasteiger partial charge in [0.05, 0.1) is 0 Å². The molecule has 1 aromatic rings. The Morgan fingerprint density at radius 2 is 1.76 bits per heavy atom. The molecule has 1 heterocycles. The number of nitrogens with zero attached hydrogens (tertiary/aromatic N) is 1. The number of likely N-dealkylation sites (tertiary alicyclic amines) is 1. The van der Waals surface area contributed by atoms with Crippen molar-refractivity contribution in [3.63, 3.8) is 0 Å². The Morgan fingerprint density at radius 1 is 1.19 bits per heavy atom. The summed E-state index contributed by atoms with van der Waals surface area (Å²) in [6, 6.07) is 8.31. The van der Waals surface area contributed by atoms with Crippen molar-refractivity contribution in [2.45, 2.75) is 39.0 Å². The lowest BCUT2D eigenvalue weighted by Gasteiger charge is -2.21. The van der Waals surface area contributed by atoms with Crippen molar-refractivity contribution in [1.82, 2.24) is 4.90 Å². The highest BCUT2D eigenvalue weighted by Gasteiger charge is 2.17.